The van der Waals surface area contributed by atoms with Crippen molar-refractivity contribution in [3.63, 3.8) is 0 Å². The number of fused-ring (bicyclic) bond motifs is 9. The Morgan fingerprint density at radius 3 is 1.54 bits per heavy atom. The fourth-order valence-corrected chi connectivity index (χ4v) is 17.7. The van der Waals surface area contributed by atoms with Gasteiger partial charge in [-0.25, -0.2) is 0 Å². The summed E-state index contributed by atoms with van der Waals surface area (Å²) in [7, 11) is -2.77. The topological polar surface area (TPSA) is 9.86 Å². The zero-order valence-electron chi connectivity index (χ0n) is 38.2. The summed E-state index contributed by atoms with van der Waals surface area (Å²) in [5, 5.41) is 13.0. The van der Waals surface area contributed by atoms with Crippen LogP contribution in [0.4, 0.5) is 0 Å². The van der Waals surface area contributed by atoms with Gasteiger partial charge in [-0.2, -0.15) is 0 Å². The molecule has 0 atom stereocenters. The molecular formula is C66H44N2SSi. The van der Waals surface area contributed by atoms with E-state index in [1.165, 1.54) is 107 Å². The van der Waals surface area contributed by atoms with Crippen molar-refractivity contribution in [2.24, 2.45) is 0 Å². The molecule has 0 N–H and O–H groups in total. The highest BCUT2D eigenvalue weighted by molar-refractivity contribution is 7.26. The first kappa shape index (κ1) is 40.5. The maximum atomic E-state index is 2.50. The van der Waals surface area contributed by atoms with E-state index in [2.05, 4.69) is 276 Å². The number of benzene rings is 11. The molecule has 0 radical (unpaired) electrons. The van der Waals surface area contributed by atoms with Crippen LogP contribution in [-0.2, 0) is 0 Å². The van der Waals surface area contributed by atoms with Gasteiger partial charge in [-0.05, 0) is 98.1 Å². The van der Waals surface area contributed by atoms with Crippen LogP contribution in [0.1, 0.15) is 0 Å². The van der Waals surface area contributed by atoms with Crippen LogP contribution in [0, 0.1) is 0 Å². The van der Waals surface area contributed by atoms with E-state index in [0.717, 1.165) is 11.4 Å². The molecule has 0 aliphatic carbocycles. The van der Waals surface area contributed by atoms with Crippen LogP contribution < -0.4 is 20.7 Å². The second kappa shape index (κ2) is 16.3. The molecule has 0 unspecified atom stereocenters. The standard InChI is InChI=1S/C66H44N2SSi/c1-5-20-45(21-6-1)46-38-40-62-59(42-46)65-55(57-34-18-33-56-54-31-14-16-37-64(54)69-66(56)57)32-19-36-63(65)68(62)48-39-41-61-58(44-48)53-30-13-15-35-60(53)67(61)47-22-17-29-52(43-47)70(49-23-7-2-8-24-49,50-25-9-3-10-26-50)51-27-11-4-12-28-51/h1-44H. The molecule has 3 aromatic heterocycles. The normalized spacial score (nSPS) is 12.0. The summed E-state index contributed by atoms with van der Waals surface area (Å²) in [5.74, 6) is 0. The second-order valence-corrected chi connectivity index (χ2v) is 23.2. The van der Waals surface area contributed by atoms with E-state index in [1.54, 1.807) is 0 Å². The Hall–Kier alpha value is -8.54. The largest absolute Gasteiger partial charge is 0.309 e. The average molecular weight is 925 g/mol. The van der Waals surface area contributed by atoms with Crippen LogP contribution in [0.3, 0.4) is 0 Å². The molecule has 11 aromatic carbocycles. The van der Waals surface area contributed by atoms with Crippen molar-refractivity contribution in [2.75, 3.05) is 0 Å². The second-order valence-electron chi connectivity index (χ2n) is 18.4. The molecule has 0 saturated carbocycles. The molecule has 0 fully saturated rings. The summed E-state index contributed by atoms with van der Waals surface area (Å²) >= 11 is 1.89. The van der Waals surface area contributed by atoms with Gasteiger partial charge in [0.1, 0.15) is 0 Å². The fourth-order valence-electron chi connectivity index (χ4n) is 11.7. The van der Waals surface area contributed by atoms with E-state index in [1.807, 2.05) is 11.3 Å². The number of hydrogen-bond donors (Lipinski definition) is 0. The molecule has 70 heavy (non-hydrogen) atoms. The minimum Gasteiger partial charge on any atom is -0.309 e. The predicted octanol–water partition coefficient (Wildman–Crippen LogP) is 15.0. The highest BCUT2D eigenvalue weighted by Gasteiger charge is 2.41. The fraction of sp³-hybridized carbons (Fsp3) is 0. The number of hydrogen-bond acceptors (Lipinski definition) is 1. The lowest BCUT2D eigenvalue weighted by Crippen LogP contribution is -2.74. The summed E-state index contributed by atoms with van der Waals surface area (Å²) in [5.41, 5.74) is 12.0. The Morgan fingerprint density at radius 1 is 0.286 bits per heavy atom. The van der Waals surface area contributed by atoms with Crippen molar-refractivity contribution < 1.29 is 0 Å². The molecule has 14 rings (SSSR count). The van der Waals surface area contributed by atoms with E-state index in [-0.39, 0.29) is 0 Å². The van der Waals surface area contributed by atoms with Crippen LogP contribution in [0.25, 0.3) is 97.4 Å². The molecule has 0 aliphatic rings. The zero-order valence-corrected chi connectivity index (χ0v) is 40.0. The quantitative estimate of drug-likeness (QED) is 0.106. The molecule has 328 valence electrons. The number of para-hydroxylation sites is 1. The van der Waals surface area contributed by atoms with Crippen LogP contribution >= 0.6 is 11.3 Å². The first-order chi connectivity index (χ1) is 34.7. The lowest BCUT2D eigenvalue weighted by atomic mass is 9.96. The molecule has 14 aromatic rings. The molecule has 0 aliphatic heterocycles. The van der Waals surface area contributed by atoms with Crippen molar-refractivity contribution in [3.05, 3.63) is 267 Å². The molecule has 0 saturated heterocycles. The average Bonchev–Trinajstić information content (AvgIpc) is 4.10. The Balaban J connectivity index is 0.999. The molecule has 0 amide bonds. The van der Waals surface area contributed by atoms with Gasteiger partial charge in [0.05, 0.1) is 22.1 Å². The number of rotatable bonds is 8. The molecule has 4 heteroatoms. The lowest BCUT2D eigenvalue weighted by molar-refractivity contribution is 1.17. The minimum absolute atomic E-state index is 1.14. The number of thiophene rings is 1. The smallest absolute Gasteiger partial charge is 0.179 e. The van der Waals surface area contributed by atoms with Crippen LogP contribution in [-0.4, -0.2) is 17.2 Å². The van der Waals surface area contributed by atoms with Crippen molar-refractivity contribution in [1.29, 1.82) is 0 Å². The Bertz CT molecular complexity index is 4190. The third-order valence-electron chi connectivity index (χ3n) is 14.7. The third-order valence-corrected chi connectivity index (χ3v) is 20.7. The van der Waals surface area contributed by atoms with Gasteiger partial charge in [-0.15, -0.1) is 11.3 Å². The summed E-state index contributed by atoms with van der Waals surface area (Å²) in [4.78, 5) is 0. The van der Waals surface area contributed by atoms with Crippen molar-refractivity contribution in [1.82, 2.24) is 9.13 Å². The highest BCUT2D eigenvalue weighted by Crippen LogP contribution is 2.46. The van der Waals surface area contributed by atoms with Gasteiger partial charge in [-0.3, -0.25) is 0 Å². The third kappa shape index (κ3) is 6.17. The summed E-state index contributed by atoms with van der Waals surface area (Å²) < 4.78 is 7.63. The first-order valence-electron chi connectivity index (χ1n) is 24.1. The van der Waals surface area contributed by atoms with Crippen molar-refractivity contribution in [2.45, 2.75) is 0 Å². The van der Waals surface area contributed by atoms with Crippen molar-refractivity contribution in [3.8, 4) is 33.6 Å². The van der Waals surface area contributed by atoms with Gasteiger partial charge in [-0.1, -0.05) is 206 Å². The monoisotopic (exact) mass is 924 g/mol. The van der Waals surface area contributed by atoms with E-state index in [0.29, 0.717) is 0 Å². The van der Waals surface area contributed by atoms with Gasteiger partial charge < -0.3 is 9.13 Å². The summed E-state index contributed by atoms with van der Waals surface area (Å²) in [6.07, 6.45) is 0. The van der Waals surface area contributed by atoms with Gasteiger partial charge >= 0.3 is 0 Å². The molecule has 2 nitrogen and oxygen atoms in total. The van der Waals surface area contributed by atoms with Crippen molar-refractivity contribution >= 4 is 104 Å². The Morgan fingerprint density at radius 2 is 0.800 bits per heavy atom. The van der Waals surface area contributed by atoms with Crippen LogP contribution in [0.5, 0.6) is 0 Å². The maximum absolute atomic E-state index is 2.77. The van der Waals surface area contributed by atoms with E-state index in [9.17, 15) is 0 Å². The highest BCUT2D eigenvalue weighted by atomic mass is 32.1. The number of aromatic nitrogens is 2. The first-order valence-corrected chi connectivity index (χ1v) is 26.9. The van der Waals surface area contributed by atoms with Gasteiger partial charge in [0.15, 0.2) is 8.07 Å². The summed E-state index contributed by atoms with van der Waals surface area (Å²) in [6.45, 7) is 0. The lowest BCUT2D eigenvalue weighted by Gasteiger charge is -2.34. The minimum atomic E-state index is -2.77. The SMILES string of the molecule is c1ccc(-c2ccc3c(c2)c2c(-c4cccc5c4sc4ccccc45)cccc2n3-c2ccc3c(c2)c2ccccc2n3-c2cccc([Si](c3ccccc3)(c3ccccc3)c3ccccc3)c2)cc1. The van der Waals surface area contributed by atoms with Gasteiger partial charge in [0, 0.05) is 58.7 Å². The maximum Gasteiger partial charge on any atom is 0.179 e. The predicted molar refractivity (Wildman–Crippen MR) is 302 cm³/mol. The van der Waals surface area contributed by atoms with E-state index >= 15 is 0 Å². The summed E-state index contributed by atoms with van der Waals surface area (Å²) in [6, 6.07) is 99.5. The van der Waals surface area contributed by atoms with Gasteiger partial charge in [0.25, 0.3) is 0 Å². The Kier molecular flexibility index (Phi) is 9.44. The van der Waals surface area contributed by atoms with Gasteiger partial charge in [0.2, 0.25) is 0 Å². The van der Waals surface area contributed by atoms with E-state index in [4.69, 9.17) is 0 Å². The van der Waals surface area contributed by atoms with Crippen LogP contribution in [0.15, 0.2) is 267 Å². The zero-order chi connectivity index (χ0) is 46.2. The van der Waals surface area contributed by atoms with E-state index < -0.39 is 8.07 Å². The number of nitrogens with zero attached hydrogens (tertiary/aromatic N) is 2. The molecule has 3 heterocycles. The Labute approximate surface area is 411 Å². The van der Waals surface area contributed by atoms with Crippen LogP contribution in [0.2, 0.25) is 0 Å². The molecule has 0 bridgehead atoms. The molecule has 0 spiro atoms. The molecular weight excluding hydrogens is 881 g/mol.